The summed E-state index contributed by atoms with van der Waals surface area (Å²) < 4.78 is 6.98. The predicted octanol–water partition coefficient (Wildman–Crippen LogP) is 1.92. The van der Waals surface area contributed by atoms with E-state index in [-0.39, 0.29) is 0 Å². The smallest absolute Gasteiger partial charge is 0.0762 e. The van der Waals surface area contributed by atoms with Crippen LogP contribution in [0.4, 0.5) is 0 Å². The molecule has 1 N–H and O–H groups in total. The lowest BCUT2D eigenvalue weighted by atomic mass is 10.3. The van der Waals surface area contributed by atoms with E-state index in [2.05, 4.69) is 34.0 Å². The van der Waals surface area contributed by atoms with E-state index >= 15 is 0 Å². The summed E-state index contributed by atoms with van der Waals surface area (Å²) in [6.07, 6.45) is 3.09. The molecule has 0 saturated heterocycles. The fourth-order valence-electron chi connectivity index (χ4n) is 1.69. The van der Waals surface area contributed by atoms with Crippen LogP contribution in [0.15, 0.2) is 29.8 Å². The van der Waals surface area contributed by atoms with Crippen molar-refractivity contribution in [2.45, 2.75) is 19.5 Å². The van der Waals surface area contributed by atoms with Crippen molar-refractivity contribution in [2.24, 2.45) is 0 Å². The highest BCUT2D eigenvalue weighted by Gasteiger charge is 2.00. The molecular weight excluding hydrogens is 246 g/mol. The van der Waals surface area contributed by atoms with Crippen LogP contribution in [-0.2, 0) is 24.2 Å². The van der Waals surface area contributed by atoms with Crippen LogP contribution in [0.25, 0.3) is 0 Å². The van der Waals surface area contributed by atoms with Crippen LogP contribution in [0.5, 0.6) is 0 Å². The first-order valence-electron chi connectivity index (χ1n) is 6.13. The van der Waals surface area contributed by atoms with Crippen molar-refractivity contribution >= 4 is 11.3 Å². The van der Waals surface area contributed by atoms with Gasteiger partial charge in [0.1, 0.15) is 0 Å². The van der Waals surface area contributed by atoms with Gasteiger partial charge in [-0.1, -0.05) is 6.07 Å². The summed E-state index contributed by atoms with van der Waals surface area (Å²) in [5, 5.41) is 9.93. The maximum Gasteiger partial charge on any atom is 0.0762 e. The van der Waals surface area contributed by atoms with E-state index in [0.29, 0.717) is 0 Å². The van der Waals surface area contributed by atoms with E-state index in [0.717, 1.165) is 38.4 Å². The van der Waals surface area contributed by atoms with Gasteiger partial charge in [-0.15, -0.1) is 11.3 Å². The number of nitrogens with one attached hydrogen (secondary N) is 1. The van der Waals surface area contributed by atoms with E-state index in [9.17, 15) is 0 Å². The van der Waals surface area contributed by atoms with Gasteiger partial charge in [-0.2, -0.15) is 5.10 Å². The second-order valence-electron chi connectivity index (χ2n) is 4.07. The number of rotatable bonds is 8. The SMILES string of the molecule is COCCNCc1ccn(CCc2cccs2)n1. The summed E-state index contributed by atoms with van der Waals surface area (Å²) in [6.45, 7) is 3.34. The molecule has 98 valence electrons. The van der Waals surface area contributed by atoms with Crippen molar-refractivity contribution < 1.29 is 4.74 Å². The lowest BCUT2D eigenvalue weighted by Gasteiger charge is -2.01. The van der Waals surface area contributed by atoms with Crippen molar-refractivity contribution in [1.29, 1.82) is 0 Å². The fraction of sp³-hybridized carbons (Fsp3) is 0.462. The Morgan fingerprint density at radius 1 is 1.44 bits per heavy atom. The van der Waals surface area contributed by atoms with Gasteiger partial charge >= 0.3 is 0 Å². The fourth-order valence-corrected chi connectivity index (χ4v) is 2.39. The maximum absolute atomic E-state index is 4.98. The average molecular weight is 265 g/mol. The molecule has 2 heterocycles. The van der Waals surface area contributed by atoms with Crippen molar-refractivity contribution in [2.75, 3.05) is 20.3 Å². The summed E-state index contributed by atoms with van der Waals surface area (Å²) in [4.78, 5) is 1.41. The minimum absolute atomic E-state index is 0.735. The number of hydrogen-bond donors (Lipinski definition) is 1. The molecule has 0 aromatic carbocycles. The molecule has 0 atom stereocenters. The number of thiophene rings is 1. The average Bonchev–Trinajstić information content (AvgIpc) is 3.03. The molecular formula is C13H19N3OS. The topological polar surface area (TPSA) is 39.1 Å². The normalized spacial score (nSPS) is 10.9. The predicted molar refractivity (Wildman–Crippen MR) is 73.8 cm³/mol. The summed E-state index contributed by atoms with van der Waals surface area (Å²) in [7, 11) is 1.71. The standard InChI is InChI=1S/C13H19N3OS/c1-17-9-6-14-11-12-4-7-16(15-12)8-5-13-3-2-10-18-13/h2-4,7,10,14H,5-6,8-9,11H2,1H3. The van der Waals surface area contributed by atoms with Gasteiger partial charge in [-0.05, 0) is 17.5 Å². The Morgan fingerprint density at radius 2 is 2.39 bits per heavy atom. The molecule has 18 heavy (non-hydrogen) atoms. The zero-order valence-corrected chi connectivity index (χ0v) is 11.4. The van der Waals surface area contributed by atoms with Gasteiger partial charge in [0.25, 0.3) is 0 Å². The van der Waals surface area contributed by atoms with Crippen LogP contribution in [0, 0.1) is 0 Å². The number of aromatic nitrogens is 2. The quantitative estimate of drug-likeness (QED) is 0.741. The van der Waals surface area contributed by atoms with Crippen LogP contribution in [0.3, 0.4) is 0 Å². The molecule has 0 spiro atoms. The molecule has 2 aromatic heterocycles. The van der Waals surface area contributed by atoms with Gasteiger partial charge in [0, 0.05) is 44.2 Å². The molecule has 0 aliphatic carbocycles. The highest BCUT2D eigenvalue weighted by Crippen LogP contribution is 2.10. The van der Waals surface area contributed by atoms with Gasteiger partial charge in [0.2, 0.25) is 0 Å². The third-order valence-electron chi connectivity index (χ3n) is 2.65. The van der Waals surface area contributed by atoms with E-state index in [1.165, 1.54) is 4.88 Å². The van der Waals surface area contributed by atoms with Crippen LogP contribution in [0.1, 0.15) is 10.6 Å². The Morgan fingerprint density at radius 3 is 3.17 bits per heavy atom. The van der Waals surface area contributed by atoms with Gasteiger partial charge in [0.05, 0.1) is 12.3 Å². The van der Waals surface area contributed by atoms with Crippen LogP contribution >= 0.6 is 11.3 Å². The molecule has 0 saturated carbocycles. The molecule has 0 aliphatic rings. The molecule has 2 rings (SSSR count). The Kier molecular flexibility index (Phi) is 5.38. The summed E-state index contributed by atoms with van der Waals surface area (Å²) >= 11 is 1.80. The monoisotopic (exact) mass is 265 g/mol. The Bertz CT molecular complexity index is 439. The molecule has 0 fully saturated rings. The number of ether oxygens (including phenoxy) is 1. The molecule has 0 amide bonds. The second-order valence-corrected chi connectivity index (χ2v) is 5.10. The van der Waals surface area contributed by atoms with Gasteiger partial charge in [0.15, 0.2) is 0 Å². The van der Waals surface area contributed by atoms with E-state index in [1.54, 1.807) is 18.4 Å². The van der Waals surface area contributed by atoms with Crippen LogP contribution in [0.2, 0.25) is 0 Å². The lowest BCUT2D eigenvalue weighted by molar-refractivity contribution is 0.199. The largest absolute Gasteiger partial charge is 0.383 e. The minimum atomic E-state index is 0.735. The zero-order chi connectivity index (χ0) is 12.6. The van der Waals surface area contributed by atoms with E-state index < -0.39 is 0 Å². The van der Waals surface area contributed by atoms with Crippen LogP contribution in [-0.4, -0.2) is 30.0 Å². The molecule has 0 unspecified atom stereocenters. The molecule has 0 bridgehead atoms. The summed E-state index contributed by atoms with van der Waals surface area (Å²) in [6, 6.07) is 6.32. The van der Waals surface area contributed by atoms with Crippen molar-refractivity contribution in [3.8, 4) is 0 Å². The van der Waals surface area contributed by atoms with Crippen LogP contribution < -0.4 is 5.32 Å². The Labute approximate surface area is 112 Å². The zero-order valence-electron chi connectivity index (χ0n) is 10.6. The third-order valence-corrected chi connectivity index (χ3v) is 3.59. The van der Waals surface area contributed by atoms with Crippen molar-refractivity contribution in [3.63, 3.8) is 0 Å². The van der Waals surface area contributed by atoms with Crippen molar-refractivity contribution in [3.05, 3.63) is 40.3 Å². The molecule has 2 aromatic rings. The minimum Gasteiger partial charge on any atom is -0.383 e. The highest BCUT2D eigenvalue weighted by molar-refractivity contribution is 7.09. The molecule has 0 radical (unpaired) electrons. The first kappa shape index (κ1) is 13.3. The third kappa shape index (κ3) is 4.25. The van der Waals surface area contributed by atoms with E-state index in [1.807, 2.05) is 10.9 Å². The lowest BCUT2D eigenvalue weighted by Crippen LogP contribution is -2.19. The van der Waals surface area contributed by atoms with E-state index in [4.69, 9.17) is 4.74 Å². The highest BCUT2D eigenvalue weighted by atomic mass is 32.1. The summed E-state index contributed by atoms with van der Waals surface area (Å²) in [5.74, 6) is 0. The number of hydrogen-bond acceptors (Lipinski definition) is 4. The van der Waals surface area contributed by atoms with Crippen molar-refractivity contribution in [1.82, 2.24) is 15.1 Å². The van der Waals surface area contributed by atoms with Gasteiger partial charge in [-0.25, -0.2) is 0 Å². The van der Waals surface area contributed by atoms with Gasteiger partial charge < -0.3 is 10.1 Å². The second kappa shape index (κ2) is 7.31. The maximum atomic E-state index is 4.98. The molecule has 4 nitrogen and oxygen atoms in total. The first-order valence-corrected chi connectivity index (χ1v) is 7.01. The first-order chi connectivity index (χ1) is 8.88. The Balaban J connectivity index is 1.72. The number of nitrogens with zero attached hydrogens (tertiary/aromatic N) is 2. The molecule has 0 aliphatic heterocycles. The molecule has 5 heteroatoms. The number of methoxy groups -OCH3 is 1. The van der Waals surface area contributed by atoms with Gasteiger partial charge in [-0.3, -0.25) is 4.68 Å². The number of aryl methyl sites for hydroxylation is 2. The summed E-state index contributed by atoms with van der Waals surface area (Å²) in [5.41, 5.74) is 1.08. The Hall–Kier alpha value is -1.17.